The largest absolute Gasteiger partial charge is 0.489 e. The highest BCUT2D eigenvalue weighted by Gasteiger charge is 2.29. The van der Waals surface area contributed by atoms with E-state index in [0.717, 1.165) is 18.4 Å². The standard InChI is InChI=1S/C19H19ClN2O3/c20-15-5-1-13(2-6-15)12-25-17-9-7-16(8-10-17)22-18(23)11-21-19(24)14-3-4-14/h1-2,5-10,14H,3-4,11-12H2,(H,21,24)(H,22,23). The molecule has 1 fully saturated rings. The molecule has 0 aliphatic heterocycles. The molecule has 0 aromatic heterocycles. The number of rotatable bonds is 7. The highest BCUT2D eigenvalue weighted by Crippen LogP contribution is 2.28. The van der Waals surface area contributed by atoms with Crippen LogP contribution in [0.2, 0.25) is 5.02 Å². The maximum absolute atomic E-state index is 11.8. The second-order valence-corrected chi connectivity index (χ2v) is 6.42. The molecule has 1 aliphatic rings. The fourth-order valence-electron chi connectivity index (χ4n) is 2.24. The van der Waals surface area contributed by atoms with Crippen LogP contribution in [0, 0.1) is 5.92 Å². The molecule has 130 valence electrons. The summed E-state index contributed by atoms with van der Waals surface area (Å²) in [6, 6.07) is 14.6. The van der Waals surface area contributed by atoms with Crippen molar-refractivity contribution in [1.82, 2.24) is 5.32 Å². The lowest BCUT2D eigenvalue weighted by molar-refractivity contribution is -0.125. The monoisotopic (exact) mass is 358 g/mol. The van der Waals surface area contributed by atoms with E-state index in [1.165, 1.54) is 0 Å². The molecule has 6 heteroatoms. The third kappa shape index (κ3) is 5.50. The van der Waals surface area contributed by atoms with Crippen molar-refractivity contribution in [2.24, 2.45) is 5.92 Å². The van der Waals surface area contributed by atoms with Gasteiger partial charge < -0.3 is 15.4 Å². The number of hydrogen-bond donors (Lipinski definition) is 2. The first kappa shape index (κ1) is 17.3. The molecule has 5 nitrogen and oxygen atoms in total. The molecule has 0 heterocycles. The molecule has 0 saturated heterocycles. The molecule has 2 amide bonds. The van der Waals surface area contributed by atoms with Gasteiger partial charge >= 0.3 is 0 Å². The van der Waals surface area contributed by atoms with Crippen LogP contribution >= 0.6 is 11.6 Å². The Bertz CT molecular complexity index is 740. The van der Waals surface area contributed by atoms with Crippen molar-refractivity contribution in [3.05, 3.63) is 59.1 Å². The highest BCUT2D eigenvalue weighted by molar-refractivity contribution is 6.30. The highest BCUT2D eigenvalue weighted by atomic mass is 35.5. The summed E-state index contributed by atoms with van der Waals surface area (Å²) in [7, 11) is 0. The van der Waals surface area contributed by atoms with Gasteiger partial charge in [-0.3, -0.25) is 9.59 Å². The van der Waals surface area contributed by atoms with Crippen molar-refractivity contribution in [3.63, 3.8) is 0 Å². The second-order valence-electron chi connectivity index (χ2n) is 5.98. The maximum Gasteiger partial charge on any atom is 0.243 e. The van der Waals surface area contributed by atoms with Gasteiger partial charge in [0, 0.05) is 16.6 Å². The molecule has 0 atom stereocenters. The van der Waals surface area contributed by atoms with Crippen molar-refractivity contribution < 1.29 is 14.3 Å². The quantitative estimate of drug-likeness (QED) is 0.797. The SMILES string of the molecule is O=C(CNC(=O)C1CC1)Nc1ccc(OCc2ccc(Cl)cc2)cc1. The van der Waals surface area contributed by atoms with E-state index in [4.69, 9.17) is 16.3 Å². The summed E-state index contributed by atoms with van der Waals surface area (Å²) >= 11 is 5.85. The Balaban J connectivity index is 1.43. The second kappa shape index (κ2) is 8.03. The van der Waals surface area contributed by atoms with E-state index >= 15 is 0 Å². The van der Waals surface area contributed by atoms with Gasteiger partial charge in [-0.15, -0.1) is 0 Å². The predicted molar refractivity (Wildman–Crippen MR) is 96.6 cm³/mol. The number of halogens is 1. The Kier molecular flexibility index (Phi) is 5.56. The summed E-state index contributed by atoms with van der Waals surface area (Å²) in [5.74, 6) is 0.518. The van der Waals surface area contributed by atoms with E-state index in [2.05, 4.69) is 10.6 Å². The fraction of sp³-hybridized carbons (Fsp3) is 0.263. The van der Waals surface area contributed by atoms with E-state index in [9.17, 15) is 9.59 Å². The zero-order chi connectivity index (χ0) is 17.6. The van der Waals surface area contributed by atoms with Crippen molar-refractivity contribution in [2.75, 3.05) is 11.9 Å². The van der Waals surface area contributed by atoms with Gasteiger partial charge in [0.25, 0.3) is 0 Å². The van der Waals surface area contributed by atoms with Crippen LogP contribution in [0.15, 0.2) is 48.5 Å². The molecule has 2 aromatic carbocycles. The first-order valence-electron chi connectivity index (χ1n) is 8.15. The zero-order valence-corrected chi connectivity index (χ0v) is 14.4. The molecule has 2 aromatic rings. The summed E-state index contributed by atoms with van der Waals surface area (Å²) in [6.07, 6.45) is 1.84. The van der Waals surface area contributed by atoms with Crippen molar-refractivity contribution >= 4 is 29.1 Å². The number of anilines is 1. The van der Waals surface area contributed by atoms with Crippen LogP contribution in [0.5, 0.6) is 5.75 Å². The molecular formula is C19H19ClN2O3. The Morgan fingerprint density at radius 2 is 1.72 bits per heavy atom. The Hall–Kier alpha value is -2.53. The summed E-state index contributed by atoms with van der Waals surface area (Å²) in [4.78, 5) is 23.3. The lowest BCUT2D eigenvalue weighted by atomic mass is 10.2. The maximum atomic E-state index is 11.8. The molecule has 0 spiro atoms. The van der Waals surface area contributed by atoms with Gasteiger partial charge in [-0.2, -0.15) is 0 Å². The number of hydrogen-bond acceptors (Lipinski definition) is 3. The van der Waals surface area contributed by atoms with Crippen LogP contribution < -0.4 is 15.4 Å². The minimum atomic E-state index is -0.246. The first-order chi connectivity index (χ1) is 12.1. The van der Waals surface area contributed by atoms with E-state index in [1.54, 1.807) is 24.3 Å². The molecule has 2 N–H and O–H groups in total. The Morgan fingerprint density at radius 3 is 2.36 bits per heavy atom. The number of ether oxygens (including phenoxy) is 1. The van der Waals surface area contributed by atoms with Gasteiger partial charge in [0.15, 0.2) is 0 Å². The van der Waals surface area contributed by atoms with Crippen molar-refractivity contribution in [3.8, 4) is 5.75 Å². The van der Waals surface area contributed by atoms with Crippen LogP contribution in [0.25, 0.3) is 0 Å². The van der Waals surface area contributed by atoms with Crippen molar-refractivity contribution in [1.29, 1.82) is 0 Å². The number of carbonyl (C=O) groups is 2. The summed E-state index contributed by atoms with van der Waals surface area (Å²) in [6.45, 7) is 0.431. The summed E-state index contributed by atoms with van der Waals surface area (Å²) in [5.41, 5.74) is 1.68. The van der Waals surface area contributed by atoms with Crippen LogP contribution in [0.3, 0.4) is 0 Å². The molecular weight excluding hydrogens is 340 g/mol. The summed E-state index contributed by atoms with van der Waals surface area (Å²) in [5, 5.41) is 6.07. The van der Waals surface area contributed by atoms with Gasteiger partial charge in [0.2, 0.25) is 11.8 Å². The molecule has 1 aliphatic carbocycles. The van der Waals surface area contributed by atoms with Crippen LogP contribution in [-0.2, 0) is 16.2 Å². The topological polar surface area (TPSA) is 67.4 Å². The van der Waals surface area contributed by atoms with E-state index in [0.29, 0.717) is 23.1 Å². The lowest BCUT2D eigenvalue weighted by Crippen LogP contribution is -2.33. The van der Waals surface area contributed by atoms with E-state index in [-0.39, 0.29) is 24.3 Å². The summed E-state index contributed by atoms with van der Waals surface area (Å²) < 4.78 is 5.69. The minimum absolute atomic E-state index is 0.00977. The molecule has 3 rings (SSSR count). The van der Waals surface area contributed by atoms with Gasteiger partial charge in [-0.25, -0.2) is 0 Å². The Morgan fingerprint density at radius 1 is 1.04 bits per heavy atom. The van der Waals surface area contributed by atoms with Crippen LogP contribution in [0.4, 0.5) is 5.69 Å². The van der Waals surface area contributed by atoms with E-state index in [1.807, 2.05) is 24.3 Å². The lowest BCUT2D eigenvalue weighted by Gasteiger charge is -2.09. The average molecular weight is 359 g/mol. The average Bonchev–Trinajstić information content (AvgIpc) is 3.46. The van der Waals surface area contributed by atoms with Crippen molar-refractivity contribution in [2.45, 2.75) is 19.4 Å². The van der Waals surface area contributed by atoms with Crippen LogP contribution in [-0.4, -0.2) is 18.4 Å². The molecule has 25 heavy (non-hydrogen) atoms. The van der Waals surface area contributed by atoms with Gasteiger partial charge in [0.05, 0.1) is 6.54 Å². The van der Waals surface area contributed by atoms with Gasteiger partial charge in [-0.1, -0.05) is 23.7 Å². The third-order valence-corrected chi connectivity index (χ3v) is 4.08. The third-order valence-electron chi connectivity index (χ3n) is 3.83. The van der Waals surface area contributed by atoms with Gasteiger partial charge in [-0.05, 0) is 54.8 Å². The van der Waals surface area contributed by atoms with E-state index < -0.39 is 0 Å². The molecule has 1 saturated carbocycles. The number of nitrogens with one attached hydrogen (secondary N) is 2. The molecule has 0 unspecified atom stereocenters. The smallest absolute Gasteiger partial charge is 0.243 e. The normalized spacial score (nSPS) is 13.2. The molecule has 0 radical (unpaired) electrons. The number of carbonyl (C=O) groups excluding carboxylic acids is 2. The van der Waals surface area contributed by atoms with Crippen LogP contribution in [0.1, 0.15) is 18.4 Å². The van der Waals surface area contributed by atoms with Gasteiger partial charge in [0.1, 0.15) is 12.4 Å². The predicted octanol–water partition coefficient (Wildman–Crippen LogP) is 3.38. The first-order valence-corrected chi connectivity index (χ1v) is 8.53. The Labute approximate surface area is 151 Å². The minimum Gasteiger partial charge on any atom is -0.489 e. The molecule has 0 bridgehead atoms. The zero-order valence-electron chi connectivity index (χ0n) is 13.6. The number of benzene rings is 2. The number of amides is 2. The fourth-order valence-corrected chi connectivity index (χ4v) is 2.37.